The molecule has 1 aromatic heterocycles. The number of benzene rings is 6. The number of furan rings is 1. The lowest BCUT2D eigenvalue weighted by Gasteiger charge is -2.48. The van der Waals surface area contributed by atoms with E-state index in [4.69, 9.17) is 4.42 Å². The highest BCUT2D eigenvalue weighted by Crippen LogP contribution is 2.58. The Kier molecular flexibility index (Phi) is 10.6. The van der Waals surface area contributed by atoms with E-state index >= 15 is 0 Å². The minimum absolute atomic E-state index is 0.00348. The molecule has 6 aromatic carbocycles. The minimum atomic E-state index is -0.157. The lowest BCUT2D eigenvalue weighted by Crippen LogP contribution is -2.61. The van der Waals surface area contributed by atoms with Gasteiger partial charge < -0.3 is 14.2 Å². The molecular weight excluding hydrogens is 920 g/mol. The number of fused-ring (bicyclic) bond motifs is 10. The maximum absolute atomic E-state index is 7.82. The first-order chi connectivity index (χ1) is 35.6. The van der Waals surface area contributed by atoms with Crippen molar-refractivity contribution in [2.45, 2.75) is 219 Å². The molecule has 76 heavy (non-hydrogen) atoms. The van der Waals surface area contributed by atoms with Crippen molar-refractivity contribution in [3.63, 3.8) is 0 Å². The second kappa shape index (κ2) is 16.1. The molecule has 3 heterocycles. The Morgan fingerprint density at radius 3 is 1.64 bits per heavy atom. The summed E-state index contributed by atoms with van der Waals surface area (Å²) in [5, 5.41) is 1.25. The van der Waals surface area contributed by atoms with Crippen molar-refractivity contribution in [2.24, 2.45) is 0 Å². The van der Waals surface area contributed by atoms with Gasteiger partial charge in [0.15, 0.2) is 0 Å². The summed E-state index contributed by atoms with van der Waals surface area (Å²) in [6, 6.07) is 39.8. The van der Waals surface area contributed by atoms with Crippen LogP contribution in [0.3, 0.4) is 0 Å². The third-order valence-electron chi connectivity index (χ3n) is 21.2. The molecule has 0 radical (unpaired) electrons. The molecule has 0 bridgehead atoms. The van der Waals surface area contributed by atoms with E-state index < -0.39 is 0 Å². The second-order valence-electron chi connectivity index (χ2n) is 30.2. The van der Waals surface area contributed by atoms with E-state index in [-0.39, 0.29) is 44.6 Å². The third-order valence-corrected chi connectivity index (χ3v) is 21.2. The molecular formula is C72H85BN2O. The van der Waals surface area contributed by atoms with Crippen LogP contribution in [0.5, 0.6) is 0 Å². The maximum atomic E-state index is 7.82. The van der Waals surface area contributed by atoms with E-state index in [1.807, 2.05) is 0 Å². The molecule has 0 saturated carbocycles. The Morgan fingerprint density at radius 2 is 1.03 bits per heavy atom. The van der Waals surface area contributed by atoms with Gasteiger partial charge >= 0.3 is 0 Å². The molecule has 4 aliphatic carbocycles. The van der Waals surface area contributed by atoms with Crippen LogP contribution in [0.1, 0.15) is 231 Å². The zero-order valence-corrected chi connectivity index (χ0v) is 49.4. The van der Waals surface area contributed by atoms with Crippen molar-refractivity contribution < 1.29 is 4.42 Å². The summed E-state index contributed by atoms with van der Waals surface area (Å²) in [4.78, 5) is 5.49. The maximum Gasteiger partial charge on any atom is 0.297 e. The van der Waals surface area contributed by atoms with Gasteiger partial charge in [-0.1, -0.05) is 166 Å². The van der Waals surface area contributed by atoms with Crippen molar-refractivity contribution in [2.75, 3.05) is 9.80 Å². The largest absolute Gasteiger partial charge is 0.468 e. The van der Waals surface area contributed by atoms with Crippen LogP contribution in [0.15, 0.2) is 101 Å². The molecule has 0 N–H and O–H groups in total. The third kappa shape index (κ3) is 7.19. The summed E-state index contributed by atoms with van der Waals surface area (Å²) in [6.45, 7) is 41.9. The second-order valence-corrected chi connectivity index (χ2v) is 30.2. The minimum Gasteiger partial charge on any atom is -0.468 e. The average molecular weight is 1010 g/mol. The Morgan fingerprint density at radius 1 is 0.500 bits per heavy atom. The summed E-state index contributed by atoms with van der Waals surface area (Å²) >= 11 is 0. The fourth-order valence-corrected chi connectivity index (χ4v) is 15.8. The van der Waals surface area contributed by atoms with Gasteiger partial charge in [-0.25, -0.2) is 0 Å². The van der Waals surface area contributed by atoms with E-state index in [0.29, 0.717) is 11.8 Å². The highest BCUT2D eigenvalue weighted by Gasteiger charge is 2.51. The molecule has 2 unspecified atom stereocenters. The Bertz CT molecular complexity index is 3590. The zero-order chi connectivity index (χ0) is 53.8. The van der Waals surface area contributed by atoms with Crippen LogP contribution in [0.4, 0.5) is 34.1 Å². The summed E-state index contributed by atoms with van der Waals surface area (Å²) in [6.07, 6.45) is 9.39. The van der Waals surface area contributed by atoms with Gasteiger partial charge in [0.25, 0.3) is 6.71 Å². The zero-order valence-electron chi connectivity index (χ0n) is 49.4. The monoisotopic (exact) mass is 1000 g/mol. The summed E-state index contributed by atoms with van der Waals surface area (Å²) < 4.78 is 7.82. The van der Waals surface area contributed by atoms with Gasteiger partial charge in [0.1, 0.15) is 5.58 Å². The molecule has 2 aliphatic heterocycles. The highest BCUT2D eigenvalue weighted by molar-refractivity contribution is 7.00. The van der Waals surface area contributed by atoms with E-state index in [1.54, 1.807) is 0 Å². The number of hydrogen-bond acceptors (Lipinski definition) is 3. The first-order valence-electron chi connectivity index (χ1n) is 29.6. The molecule has 6 aliphatic rings. The number of hydrogen-bond donors (Lipinski definition) is 0. The van der Waals surface area contributed by atoms with Crippen molar-refractivity contribution in [1.82, 2.24) is 0 Å². The van der Waals surface area contributed by atoms with Crippen molar-refractivity contribution >= 4 is 68.4 Å². The molecule has 13 rings (SSSR count). The first-order valence-corrected chi connectivity index (χ1v) is 29.6. The molecule has 0 fully saturated rings. The van der Waals surface area contributed by atoms with Gasteiger partial charge in [0.05, 0.1) is 17.0 Å². The fourth-order valence-electron chi connectivity index (χ4n) is 15.8. The topological polar surface area (TPSA) is 19.6 Å². The standard InChI is InChI=1S/C72H85BN2O/c1-42-23-24-43(2)48-39-60-49(38-47(42)48)64-65(76-60)73-55-40-53-54(71(14,15)32-31-70(53,12)13)41-57(55)75(56-28-27-51-62(61(56)44-21-19-18-20-22-44)72(16,17)34-33-68(51,8)9)59-36-45(66(3,4)5)35-58(63(59)73)74(64)46-25-26-50-52(37-46)69(10,11)30-29-67(50,6)7/h18-22,25-28,35-43H,23-24,29-34H2,1-17H3. The van der Waals surface area contributed by atoms with Gasteiger partial charge in [0.2, 0.25) is 0 Å². The van der Waals surface area contributed by atoms with Crippen LogP contribution in [-0.2, 0) is 37.9 Å². The quantitative estimate of drug-likeness (QED) is 0.164. The van der Waals surface area contributed by atoms with Crippen molar-refractivity contribution in [1.29, 1.82) is 0 Å². The Balaban J connectivity index is 1.21. The predicted octanol–water partition coefficient (Wildman–Crippen LogP) is 18.5. The van der Waals surface area contributed by atoms with Gasteiger partial charge in [-0.3, -0.25) is 0 Å². The molecule has 392 valence electrons. The SMILES string of the molecule is CC1CCC(C)c2cc3c4c(oc3cc21)B1c2cc3c(cc2N(c2ccc5c(c2-c2ccccc2)C(C)(C)CCC5(C)C)c2cc(C(C)(C)C)cc(c21)N4c1ccc2c(c1)C(C)(C)CCC2(C)C)C(C)(C)CCC3(C)C. The molecule has 4 heteroatoms. The van der Waals surface area contributed by atoms with Crippen LogP contribution in [0.25, 0.3) is 22.1 Å². The van der Waals surface area contributed by atoms with Crippen LogP contribution in [0.2, 0.25) is 0 Å². The molecule has 0 amide bonds. The normalized spacial score (nSPS) is 22.7. The first kappa shape index (κ1) is 50.1. The molecule has 7 aromatic rings. The molecule has 3 nitrogen and oxygen atoms in total. The van der Waals surface area contributed by atoms with E-state index in [2.05, 4.69) is 225 Å². The lowest BCUT2D eigenvalue weighted by atomic mass is 9.35. The summed E-state index contributed by atoms with van der Waals surface area (Å²) in [5.74, 6) is 0.980. The van der Waals surface area contributed by atoms with Crippen LogP contribution in [0, 0.1) is 0 Å². The van der Waals surface area contributed by atoms with Gasteiger partial charge in [-0.15, -0.1) is 0 Å². The van der Waals surface area contributed by atoms with Gasteiger partial charge in [0, 0.05) is 33.7 Å². The van der Waals surface area contributed by atoms with Gasteiger partial charge in [-0.2, -0.15) is 0 Å². The molecule has 0 saturated heterocycles. The van der Waals surface area contributed by atoms with Crippen LogP contribution in [-0.4, -0.2) is 6.71 Å². The predicted molar refractivity (Wildman–Crippen MR) is 326 cm³/mol. The van der Waals surface area contributed by atoms with Crippen molar-refractivity contribution in [3.05, 3.63) is 147 Å². The van der Waals surface area contributed by atoms with Crippen LogP contribution >= 0.6 is 0 Å². The number of nitrogens with zero attached hydrogens (tertiary/aromatic N) is 2. The summed E-state index contributed by atoms with van der Waals surface area (Å²) in [7, 11) is 0. The Hall–Kier alpha value is -5.48. The molecule has 0 spiro atoms. The van der Waals surface area contributed by atoms with E-state index in [1.165, 1.54) is 137 Å². The Labute approximate surface area is 457 Å². The molecule has 2 atom stereocenters. The highest BCUT2D eigenvalue weighted by atomic mass is 16.3. The van der Waals surface area contributed by atoms with Crippen LogP contribution < -0.4 is 26.4 Å². The average Bonchev–Trinajstić information content (AvgIpc) is 3.94. The fraction of sp³-hybridized carbons (Fsp3) is 0.472. The van der Waals surface area contributed by atoms with Crippen molar-refractivity contribution in [3.8, 4) is 11.1 Å². The smallest absolute Gasteiger partial charge is 0.297 e. The van der Waals surface area contributed by atoms with E-state index in [0.717, 1.165) is 36.9 Å². The summed E-state index contributed by atoms with van der Waals surface area (Å²) in [5.41, 5.74) is 28.3. The number of rotatable bonds is 3. The lowest BCUT2D eigenvalue weighted by molar-refractivity contribution is 0.332. The van der Waals surface area contributed by atoms with Gasteiger partial charge in [-0.05, 0) is 216 Å². The number of anilines is 6. The van der Waals surface area contributed by atoms with E-state index in [9.17, 15) is 0 Å².